The Balaban J connectivity index is 2.01. The Hall–Kier alpha value is -0.810. The third kappa shape index (κ3) is 7.38. The first-order chi connectivity index (χ1) is 9.38. The summed E-state index contributed by atoms with van der Waals surface area (Å²) in [6.45, 7) is 3.37. The van der Waals surface area contributed by atoms with Gasteiger partial charge in [-0.1, -0.05) is 18.2 Å². The lowest BCUT2D eigenvalue weighted by atomic mass is 10.2. The van der Waals surface area contributed by atoms with Crippen LogP contribution in [0.5, 0.6) is 5.75 Å². The normalized spacial score (nSPS) is 10.6. The molecule has 0 aliphatic carbocycles. The lowest BCUT2D eigenvalue weighted by Gasteiger charge is -2.10. The van der Waals surface area contributed by atoms with E-state index in [4.69, 9.17) is 30.5 Å². The first-order valence-corrected chi connectivity index (χ1v) is 6.83. The van der Waals surface area contributed by atoms with Gasteiger partial charge in [0.1, 0.15) is 12.4 Å². The highest BCUT2D eigenvalue weighted by Gasteiger charge is 2.00. The van der Waals surface area contributed by atoms with Crippen LogP contribution in [0.2, 0.25) is 0 Å². The number of methoxy groups -OCH3 is 1. The molecule has 5 heteroatoms. The third-order valence-electron chi connectivity index (χ3n) is 2.41. The van der Waals surface area contributed by atoms with Crippen LogP contribution in [0.4, 0.5) is 0 Å². The van der Waals surface area contributed by atoms with E-state index in [2.05, 4.69) is 0 Å². The van der Waals surface area contributed by atoms with Crippen LogP contribution in [-0.2, 0) is 20.1 Å². The van der Waals surface area contributed by atoms with Crippen LogP contribution >= 0.6 is 11.6 Å². The topological polar surface area (TPSA) is 36.9 Å². The molecule has 1 aromatic carbocycles. The molecule has 0 heterocycles. The largest absolute Gasteiger partial charge is 0.491 e. The van der Waals surface area contributed by atoms with E-state index in [1.165, 1.54) is 0 Å². The van der Waals surface area contributed by atoms with Gasteiger partial charge in [0.25, 0.3) is 0 Å². The van der Waals surface area contributed by atoms with Crippen molar-refractivity contribution in [3.63, 3.8) is 0 Å². The molecule has 0 N–H and O–H groups in total. The second kappa shape index (κ2) is 11.1. The number of hydrogen-bond donors (Lipinski definition) is 0. The van der Waals surface area contributed by atoms with Gasteiger partial charge in [0.15, 0.2) is 0 Å². The summed E-state index contributed by atoms with van der Waals surface area (Å²) in [5, 5.41) is 0. The van der Waals surface area contributed by atoms with Crippen LogP contribution in [0, 0.1) is 0 Å². The summed E-state index contributed by atoms with van der Waals surface area (Å²) in [7, 11) is 1.65. The molecule has 0 atom stereocenters. The molecule has 0 fully saturated rings. The molecule has 0 aliphatic rings. The van der Waals surface area contributed by atoms with Crippen LogP contribution in [-0.4, -0.2) is 46.8 Å². The Bertz CT molecular complexity index is 333. The number of halogens is 1. The van der Waals surface area contributed by atoms with Crippen LogP contribution in [0.15, 0.2) is 24.3 Å². The average Bonchev–Trinajstić information content (AvgIpc) is 2.46. The van der Waals surface area contributed by atoms with Crippen molar-refractivity contribution in [3.8, 4) is 5.75 Å². The van der Waals surface area contributed by atoms with Gasteiger partial charge in [-0.15, -0.1) is 11.6 Å². The Morgan fingerprint density at radius 2 is 1.53 bits per heavy atom. The zero-order valence-electron chi connectivity index (χ0n) is 11.3. The van der Waals surface area contributed by atoms with Gasteiger partial charge >= 0.3 is 0 Å². The van der Waals surface area contributed by atoms with E-state index in [1.807, 2.05) is 24.3 Å². The maximum Gasteiger partial charge on any atom is 0.123 e. The van der Waals surface area contributed by atoms with Gasteiger partial charge in [-0.3, -0.25) is 0 Å². The monoisotopic (exact) mass is 288 g/mol. The summed E-state index contributed by atoms with van der Waals surface area (Å²) in [5.41, 5.74) is 0.993. The molecule has 0 aliphatic heterocycles. The average molecular weight is 289 g/mol. The summed E-state index contributed by atoms with van der Waals surface area (Å²) in [5.74, 6) is 1.27. The van der Waals surface area contributed by atoms with Gasteiger partial charge in [0.05, 0.1) is 38.9 Å². The smallest absolute Gasteiger partial charge is 0.123 e. The second-order valence-corrected chi connectivity index (χ2v) is 4.07. The van der Waals surface area contributed by atoms with Crippen molar-refractivity contribution in [1.29, 1.82) is 0 Å². The van der Waals surface area contributed by atoms with Crippen LogP contribution in [0.25, 0.3) is 0 Å². The van der Waals surface area contributed by atoms with Gasteiger partial charge in [0, 0.05) is 12.7 Å². The molecule has 0 aromatic heterocycles. The van der Waals surface area contributed by atoms with E-state index in [0.717, 1.165) is 11.3 Å². The minimum absolute atomic E-state index is 0.449. The number of para-hydroxylation sites is 1. The Kier molecular flexibility index (Phi) is 9.45. The summed E-state index contributed by atoms with van der Waals surface area (Å²) in [6, 6.07) is 7.73. The zero-order chi connectivity index (χ0) is 13.8. The van der Waals surface area contributed by atoms with Crippen LogP contribution in [0.3, 0.4) is 0 Å². The molecule has 0 amide bonds. The molecular formula is C14H21ClO4. The van der Waals surface area contributed by atoms with Crippen molar-refractivity contribution in [2.45, 2.75) is 5.88 Å². The number of alkyl halides is 1. The van der Waals surface area contributed by atoms with Crippen LogP contribution in [0.1, 0.15) is 5.56 Å². The van der Waals surface area contributed by atoms with Crippen LogP contribution < -0.4 is 4.74 Å². The number of benzene rings is 1. The molecule has 4 nitrogen and oxygen atoms in total. The Labute approximate surface area is 119 Å². The molecule has 108 valence electrons. The SMILES string of the molecule is COCCOCCOCCOc1ccccc1CCl. The maximum atomic E-state index is 5.82. The molecule has 1 aromatic rings. The molecule has 0 radical (unpaired) electrons. The first kappa shape index (κ1) is 16.2. The highest BCUT2D eigenvalue weighted by atomic mass is 35.5. The van der Waals surface area contributed by atoms with Gasteiger partial charge in [-0.05, 0) is 6.07 Å². The summed E-state index contributed by atoms with van der Waals surface area (Å²) >= 11 is 5.82. The van der Waals surface area contributed by atoms with Crippen molar-refractivity contribution in [2.24, 2.45) is 0 Å². The van der Waals surface area contributed by atoms with Crippen molar-refractivity contribution < 1.29 is 18.9 Å². The quantitative estimate of drug-likeness (QED) is 0.463. The van der Waals surface area contributed by atoms with Gasteiger partial charge < -0.3 is 18.9 Å². The highest BCUT2D eigenvalue weighted by molar-refractivity contribution is 6.17. The zero-order valence-corrected chi connectivity index (χ0v) is 12.0. The fourth-order valence-electron chi connectivity index (χ4n) is 1.43. The van der Waals surface area contributed by atoms with E-state index in [-0.39, 0.29) is 0 Å². The van der Waals surface area contributed by atoms with Gasteiger partial charge in [-0.25, -0.2) is 0 Å². The second-order valence-electron chi connectivity index (χ2n) is 3.81. The number of rotatable bonds is 11. The minimum atomic E-state index is 0.449. The molecular weight excluding hydrogens is 268 g/mol. The predicted molar refractivity (Wildman–Crippen MR) is 75.0 cm³/mol. The summed E-state index contributed by atoms with van der Waals surface area (Å²) in [6.07, 6.45) is 0. The molecule has 1 rings (SSSR count). The van der Waals surface area contributed by atoms with Gasteiger partial charge in [0.2, 0.25) is 0 Å². The Morgan fingerprint density at radius 3 is 2.21 bits per heavy atom. The van der Waals surface area contributed by atoms with E-state index in [9.17, 15) is 0 Å². The van der Waals surface area contributed by atoms with Crippen molar-refractivity contribution >= 4 is 11.6 Å². The molecule has 0 saturated heterocycles. The van der Waals surface area contributed by atoms with Crippen molar-refractivity contribution in [2.75, 3.05) is 46.8 Å². The molecule has 0 bridgehead atoms. The Morgan fingerprint density at radius 1 is 0.895 bits per heavy atom. The maximum absolute atomic E-state index is 5.82. The van der Waals surface area contributed by atoms with Crippen molar-refractivity contribution in [3.05, 3.63) is 29.8 Å². The fraction of sp³-hybridized carbons (Fsp3) is 0.571. The standard InChI is InChI=1S/C14H21ClO4/c1-16-6-7-17-8-9-18-10-11-19-14-5-3-2-4-13(14)12-15/h2-5H,6-12H2,1H3. The first-order valence-electron chi connectivity index (χ1n) is 6.29. The van der Waals surface area contributed by atoms with E-state index in [1.54, 1.807) is 7.11 Å². The molecule has 0 unspecified atom stereocenters. The van der Waals surface area contributed by atoms with E-state index < -0.39 is 0 Å². The number of ether oxygens (including phenoxy) is 4. The lowest BCUT2D eigenvalue weighted by Crippen LogP contribution is -2.12. The van der Waals surface area contributed by atoms with Gasteiger partial charge in [-0.2, -0.15) is 0 Å². The number of hydrogen-bond acceptors (Lipinski definition) is 4. The fourth-order valence-corrected chi connectivity index (χ4v) is 1.65. The minimum Gasteiger partial charge on any atom is -0.491 e. The van der Waals surface area contributed by atoms with Crippen molar-refractivity contribution in [1.82, 2.24) is 0 Å². The molecule has 0 spiro atoms. The lowest BCUT2D eigenvalue weighted by molar-refractivity contribution is 0.0179. The summed E-state index contributed by atoms with van der Waals surface area (Å²) in [4.78, 5) is 0. The molecule has 19 heavy (non-hydrogen) atoms. The summed E-state index contributed by atoms with van der Waals surface area (Å²) < 4.78 is 21.1. The van der Waals surface area contributed by atoms with E-state index in [0.29, 0.717) is 45.5 Å². The predicted octanol–water partition coefficient (Wildman–Crippen LogP) is 2.48. The highest BCUT2D eigenvalue weighted by Crippen LogP contribution is 2.19. The van der Waals surface area contributed by atoms with E-state index >= 15 is 0 Å². The molecule has 0 saturated carbocycles. The third-order valence-corrected chi connectivity index (χ3v) is 2.69.